The number of anilines is 1. The van der Waals surface area contributed by atoms with Crippen molar-refractivity contribution in [1.82, 2.24) is 10.2 Å². The number of aryl methyl sites for hydroxylation is 1. The number of halogens is 1. The first-order chi connectivity index (χ1) is 12.1. The number of methoxy groups -OCH3 is 1. The minimum atomic E-state index is -0.350. The standard InChI is InChI=1S/C19H26N4O2.ClH/c1-15-5-4-6-18(16(15)2)23-10-8-22(9-11-23)14-17(13-20)19(24)21-7-12-25-3;/h4-6,14H,7-12H2,1-3H3,(H,21,24);1H/b17-14-;. The van der Waals surface area contributed by atoms with E-state index in [1.54, 1.807) is 13.3 Å². The van der Waals surface area contributed by atoms with Gasteiger partial charge in [-0.25, -0.2) is 0 Å². The van der Waals surface area contributed by atoms with Gasteiger partial charge in [-0.1, -0.05) is 12.1 Å². The summed E-state index contributed by atoms with van der Waals surface area (Å²) in [4.78, 5) is 16.4. The molecule has 1 fully saturated rings. The molecule has 0 aliphatic carbocycles. The highest BCUT2D eigenvalue weighted by Gasteiger charge is 2.18. The van der Waals surface area contributed by atoms with Crippen molar-refractivity contribution in [2.45, 2.75) is 13.8 Å². The van der Waals surface area contributed by atoms with E-state index in [0.717, 1.165) is 26.2 Å². The SMILES string of the molecule is COCCNC(=O)/C(C#N)=C\N1CCN(c2cccc(C)c2C)CC1.Cl. The number of nitrogens with one attached hydrogen (secondary N) is 1. The Kier molecular flexibility index (Phi) is 8.97. The minimum Gasteiger partial charge on any atom is -0.383 e. The summed E-state index contributed by atoms with van der Waals surface area (Å²) < 4.78 is 4.89. The van der Waals surface area contributed by atoms with E-state index in [1.807, 2.05) is 11.0 Å². The first-order valence-corrected chi connectivity index (χ1v) is 8.51. The molecule has 0 aromatic heterocycles. The number of carbonyl (C=O) groups is 1. The molecule has 1 heterocycles. The van der Waals surface area contributed by atoms with Gasteiger partial charge >= 0.3 is 0 Å². The molecule has 142 valence electrons. The summed E-state index contributed by atoms with van der Waals surface area (Å²) in [7, 11) is 1.57. The summed E-state index contributed by atoms with van der Waals surface area (Å²) in [5.74, 6) is -0.350. The van der Waals surface area contributed by atoms with Gasteiger partial charge in [-0.15, -0.1) is 12.4 Å². The van der Waals surface area contributed by atoms with Crippen LogP contribution in [-0.2, 0) is 9.53 Å². The van der Waals surface area contributed by atoms with Crippen LogP contribution in [0.15, 0.2) is 30.0 Å². The van der Waals surface area contributed by atoms with Crippen molar-refractivity contribution in [1.29, 1.82) is 5.26 Å². The van der Waals surface area contributed by atoms with E-state index in [0.29, 0.717) is 13.2 Å². The van der Waals surface area contributed by atoms with Gasteiger partial charge in [-0.3, -0.25) is 4.79 Å². The molecule has 0 radical (unpaired) electrons. The summed E-state index contributed by atoms with van der Waals surface area (Å²) in [5.41, 5.74) is 4.00. The number of rotatable bonds is 6. The molecule has 0 atom stereocenters. The van der Waals surface area contributed by atoms with Crippen molar-refractivity contribution in [2.24, 2.45) is 0 Å². The van der Waals surface area contributed by atoms with E-state index in [9.17, 15) is 10.1 Å². The first-order valence-electron chi connectivity index (χ1n) is 8.51. The summed E-state index contributed by atoms with van der Waals surface area (Å²) >= 11 is 0. The van der Waals surface area contributed by atoms with E-state index in [2.05, 4.69) is 42.3 Å². The van der Waals surface area contributed by atoms with Crippen molar-refractivity contribution < 1.29 is 9.53 Å². The Bertz CT molecular complexity index is 677. The van der Waals surface area contributed by atoms with Crippen LogP contribution in [0.1, 0.15) is 11.1 Å². The highest BCUT2D eigenvalue weighted by molar-refractivity contribution is 5.97. The van der Waals surface area contributed by atoms with Crippen LogP contribution in [0.2, 0.25) is 0 Å². The summed E-state index contributed by atoms with van der Waals surface area (Å²) in [5, 5.41) is 11.9. The van der Waals surface area contributed by atoms with Gasteiger partial charge in [0.05, 0.1) is 6.61 Å². The molecule has 1 aliphatic heterocycles. The molecular formula is C19H27ClN4O2. The summed E-state index contributed by atoms with van der Waals surface area (Å²) in [6, 6.07) is 8.35. The quantitative estimate of drug-likeness (QED) is 0.466. The van der Waals surface area contributed by atoms with Gasteiger partial charge in [0.25, 0.3) is 5.91 Å². The van der Waals surface area contributed by atoms with Crippen molar-refractivity contribution in [3.8, 4) is 6.07 Å². The zero-order valence-corrected chi connectivity index (χ0v) is 16.4. The van der Waals surface area contributed by atoms with Gasteiger partial charge in [-0.2, -0.15) is 5.26 Å². The van der Waals surface area contributed by atoms with Crippen molar-refractivity contribution in [3.05, 3.63) is 41.1 Å². The predicted octanol–water partition coefficient (Wildman–Crippen LogP) is 2.02. The fraction of sp³-hybridized carbons (Fsp3) is 0.474. The summed E-state index contributed by atoms with van der Waals surface area (Å²) in [6.07, 6.45) is 1.67. The Labute approximate surface area is 161 Å². The van der Waals surface area contributed by atoms with Gasteiger partial charge in [-0.05, 0) is 31.0 Å². The Morgan fingerprint density at radius 3 is 2.62 bits per heavy atom. The molecule has 1 saturated heterocycles. The number of hydrogen-bond acceptors (Lipinski definition) is 5. The van der Waals surface area contributed by atoms with Crippen molar-refractivity contribution in [2.75, 3.05) is 51.3 Å². The number of benzene rings is 1. The monoisotopic (exact) mass is 378 g/mol. The number of carbonyl (C=O) groups excluding carboxylic acids is 1. The number of amides is 1. The minimum absolute atomic E-state index is 0. The fourth-order valence-electron chi connectivity index (χ4n) is 2.85. The normalized spacial score (nSPS) is 14.5. The van der Waals surface area contributed by atoms with Gasteiger partial charge in [0.15, 0.2) is 0 Å². The fourth-order valence-corrected chi connectivity index (χ4v) is 2.85. The number of hydrogen-bond donors (Lipinski definition) is 1. The lowest BCUT2D eigenvalue weighted by Crippen LogP contribution is -2.44. The second kappa shape index (κ2) is 10.7. The van der Waals surface area contributed by atoms with Crippen LogP contribution >= 0.6 is 12.4 Å². The zero-order chi connectivity index (χ0) is 18.2. The molecule has 7 heteroatoms. The molecule has 0 saturated carbocycles. The molecule has 1 aromatic rings. The highest BCUT2D eigenvalue weighted by Crippen LogP contribution is 2.23. The molecule has 0 unspecified atom stereocenters. The number of nitriles is 1. The maximum atomic E-state index is 12.0. The second-order valence-corrected chi connectivity index (χ2v) is 6.15. The molecule has 1 aromatic carbocycles. The van der Waals surface area contributed by atoms with Crippen LogP contribution in [0.4, 0.5) is 5.69 Å². The smallest absolute Gasteiger partial charge is 0.263 e. The van der Waals surface area contributed by atoms with Crippen molar-refractivity contribution in [3.63, 3.8) is 0 Å². The number of piperazine rings is 1. The average Bonchev–Trinajstić information content (AvgIpc) is 2.62. The third kappa shape index (κ3) is 5.65. The molecule has 0 spiro atoms. The molecule has 0 bridgehead atoms. The van der Waals surface area contributed by atoms with E-state index in [4.69, 9.17) is 4.74 Å². The van der Waals surface area contributed by atoms with Crippen LogP contribution in [-0.4, -0.2) is 57.2 Å². The van der Waals surface area contributed by atoms with Gasteiger partial charge in [0.1, 0.15) is 11.6 Å². The second-order valence-electron chi connectivity index (χ2n) is 6.15. The van der Waals surface area contributed by atoms with Gasteiger partial charge in [0.2, 0.25) is 0 Å². The molecule has 1 amide bonds. The first kappa shape index (κ1) is 21.8. The Morgan fingerprint density at radius 1 is 1.31 bits per heavy atom. The lowest BCUT2D eigenvalue weighted by molar-refractivity contribution is -0.117. The Balaban J connectivity index is 0.00000338. The van der Waals surface area contributed by atoms with E-state index in [1.165, 1.54) is 16.8 Å². The summed E-state index contributed by atoms with van der Waals surface area (Å²) in [6.45, 7) is 8.39. The lowest BCUT2D eigenvalue weighted by Gasteiger charge is -2.36. The van der Waals surface area contributed by atoms with Crippen LogP contribution in [0.25, 0.3) is 0 Å². The number of ether oxygens (including phenoxy) is 1. The number of nitrogens with zero attached hydrogens (tertiary/aromatic N) is 3. The van der Waals surface area contributed by atoms with Gasteiger partial charge < -0.3 is 19.9 Å². The van der Waals surface area contributed by atoms with Crippen LogP contribution in [0.5, 0.6) is 0 Å². The lowest BCUT2D eigenvalue weighted by atomic mass is 10.1. The topological polar surface area (TPSA) is 68.6 Å². The molecule has 1 aliphatic rings. The average molecular weight is 379 g/mol. The Morgan fingerprint density at radius 2 is 2.00 bits per heavy atom. The third-order valence-corrected chi connectivity index (χ3v) is 4.50. The van der Waals surface area contributed by atoms with E-state index >= 15 is 0 Å². The Hall–Kier alpha value is -2.23. The molecule has 1 N–H and O–H groups in total. The molecule has 26 heavy (non-hydrogen) atoms. The largest absolute Gasteiger partial charge is 0.383 e. The molecule has 6 nitrogen and oxygen atoms in total. The van der Waals surface area contributed by atoms with E-state index < -0.39 is 0 Å². The predicted molar refractivity (Wildman–Crippen MR) is 106 cm³/mol. The van der Waals surface area contributed by atoms with Gasteiger partial charge in [0, 0.05) is 51.7 Å². The maximum absolute atomic E-state index is 12.0. The third-order valence-electron chi connectivity index (χ3n) is 4.50. The van der Waals surface area contributed by atoms with Crippen molar-refractivity contribution >= 4 is 24.0 Å². The van der Waals surface area contributed by atoms with E-state index in [-0.39, 0.29) is 23.9 Å². The highest BCUT2D eigenvalue weighted by atomic mass is 35.5. The maximum Gasteiger partial charge on any atom is 0.263 e. The van der Waals surface area contributed by atoms with Crippen LogP contribution in [0.3, 0.4) is 0 Å². The van der Waals surface area contributed by atoms with Crippen LogP contribution in [0, 0.1) is 25.2 Å². The zero-order valence-electron chi connectivity index (χ0n) is 15.6. The molecular weight excluding hydrogens is 352 g/mol. The van der Waals surface area contributed by atoms with Crippen LogP contribution < -0.4 is 10.2 Å². The molecule has 2 rings (SSSR count).